The highest BCUT2D eigenvalue weighted by atomic mass is 15.3. The van der Waals surface area contributed by atoms with Gasteiger partial charge in [-0.1, -0.05) is 166 Å². The lowest BCUT2D eigenvalue weighted by molar-refractivity contribution is 0.222. The minimum atomic E-state index is -0.0288. The quantitative estimate of drug-likeness (QED) is 0.158. The van der Waals surface area contributed by atoms with Crippen molar-refractivity contribution in [1.82, 2.24) is 0 Å². The van der Waals surface area contributed by atoms with Crippen molar-refractivity contribution in [2.24, 2.45) is 5.41 Å². The van der Waals surface area contributed by atoms with Gasteiger partial charge in [0.05, 0.1) is 5.54 Å². The predicted octanol–water partition coefficient (Wildman–Crippen LogP) is 16.2. The maximum absolute atomic E-state index is 2.68. The molecule has 0 radical (unpaired) electrons. The summed E-state index contributed by atoms with van der Waals surface area (Å²) in [5, 5.41) is 10.4. The van der Waals surface area contributed by atoms with E-state index in [0.29, 0.717) is 5.92 Å². The first-order valence-electron chi connectivity index (χ1n) is 21.3. The van der Waals surface area contributed by atoms with Gasteiger partial charge < -0.3 is 4.90 Å². The zero-order valence-electron chi connectivity index (χ0n) is 33.8. The highest BCUT2D eigenvalue weighted by molar-refractivity contribution is 6.32. The van der Waals surface area contributed by atoms with Gasteiger partial charge in [0.2, 0.25) is 0 Å². The number of anilines is 2. The van der Waals surface area contributed by atoms with E-state index in [4.69, 9.17) is 0 Å². The summed E-state index contributed by atoms with van der Waals surface area (Å²) in [5.41, 5.74) is 14.4. The van der Waals surface area contributed by atoms with E-state index in [0.717, 1.165) is 0 Å². The van der Waals surface area contributed by atoms with Crippen LogP contribution in [0.15, 0.2) is 188 Å². The van der Waals surface area contributed by atoms with Crippen molar-refractivity contribution in [3.8, 4) is 44.5 Å². The summed E-state index contributed by atoms with van der Waals surface area (Å²) in [6.45, 7) is 7.50. The first-order chi connectivity index (χ1) is 28.9. The second-order valence-electron chi connectivity index (χ2n) is 17.8. The van der Waals surface area contributed by atoms with E-state index < -0.39 is 0 Å². The largest absolute Gasteiger partial charge is 0.334 e. The van der Waals surface area contributed by atoms with Crippen LogP contribution in [0.2, 0.25) is 0 Å². The summed E-state index contributed by atoms with van der Waals surface area (Å²) in [5.74, 6) is 0.442. The lowest BCUT2D eigenvalue weighted by atomic mass is 9.72. The molecule has 1 saturated carbocycles. The summed E-state index contributed by atoms with van der Waals surface area (Å²) >= 11 is 0. The number of nitrogens with zero attached hydrogens (tertiary/aromatic N) is 1. The lowest BCUT2D eigenvalue weighted by Crippen LogP contribution is -2.50. The van der Waals surface area contributed by atoms with Crippen LogP contribution in [0.4, 0.5) is 11.4 Å². The first-order valence-corrected chi connectivity index (χ1v) is 21.3. The number of rotatable bonds is 5. The molecule has 0 bridgehead atoms. The molecule has 2 aliphatic rings. The summed E-state index contributed by atoms with van der Waals surface area (Å²) in [6, 6.07) is 70.7. The van der Waals surface area contributed by atoms with Gasteiger partial charge in [-0.25, -0.2) is 0 Å². The number of hydrogen-bond donors (Lipinski definition) is 0. The van der Waals surface area contributed by atoms with Gasteiger partial charge in [0.1, 0.15) is 0 Å². The Kier molecular flexibility index (Phi) is 7.36. The average molecular weight is 756 g/mol. The fourth-order valence-corrected chi connectivity index (χ4v) is 11.5. The Hall–Kier alpha value is -6.70. The Morgan fingerprint density at radius 3 is 1.59 bits per heavy atom. The van der Waals surface area contributed by atoms with Crippen LogP contribution in [0.3, 0.4) is 0 Å². The van der Waals surface area contributed by atoms with Crippen molar-refractivity contribution in [1.29, 1.82) is 0 Å². The van der Waals surface area contributed by atoms with Gasteiger partial charge in [-0.3, -0.25) is 0 Å². The molecule has 0 aromatic heterocycles. The van der Waals surface area contributed by atoms with E-state index in [1.165, 1.54) is 117 Å². The van der Waals surface area contributed by atoms with Gasteiger partial charge in [-0.2, -0.15) is 0 Å². The van der Waals surface area contributed by atoms with Gasteiger partial charge in [-0.05, 0) is 155 Å². The van der Waals surface area contributed by atoms with Crippen LogP contribution in [-0.2, 0) is 0 Å². The molecular weight excluding hydrogens is 711 g/mol. The number of benzene rings is 10. The van der Waals surface area contributed by atoms with Gasteiger partial charge in [0.25, 0.3) is 0 Å². The fourth-order valence-electron chi connectivity index (χ4n) is 11.5. The van der Waals surface area contributed by atoms with Gasteiger partial charge in [-0.15, -0.1) is 0 Å². The molecule has 0 amide bonds. The minimum absolute atomic E-state index is 0.0288. The molecule has 2 atom stereocenters. The lowest BCUT2D eigenvalue weighted by Gasteiger charge is -2.47. The summed E-state index contributed by atoms with van der Waals surface area (Å²) in [6.07, 6.45) is 2.40. The van der Waals surface area contributed by atoms with Crippen molar-refractivity contribution in [2.45, 2.75) is 45.1 Å². The third kappa shape index (κ3) is 4.85. The van der Waals surface area contributed by atoms with E-state index in [2.05, 4.69) is 214 Å². The van der Waals surface area contributed by atoms with Crippen LogP contribution in [0.25, 0.3) is 87.6 Å². The molecule has 1 heteroatoms. The van der Waals surface area contributed by atoms with E-state index in [1.54, 1.807) is 0 Å². The maximum Gasteiger partial charge on any atom is 0.0543 e. The molecule has 1 heterocycles. The fraction of sp³-hybridized carbons (Fsp3) is 0.138. The second-order valence-corrected chi connectivity index (χ2v) is 17.8. The molecule has 59 heavy (non-hydrogen) atoms. The molecule has 10 aromatic carbocycles. The molecule has 1 fully saturated rings. The average Bonchev–Trinajstić information content (AvgIpc) is 3.69. The van der Waals surface area contributed by atoms with Crippen LogP contribution in [0, 0.1) is 5.41 Å². The number of para-hydroxylation sites is 1. The predicted molar refractivity (Wildman–Crippen MR) is 252 cm³/mol. The second kappa shape index (κ2) is 12.6. The van der Waals surface area contributed by atoms with Crippen LogP contribution in [0.5, 0.6) is 0 Å². The molecule has 10 aromatic rings. The summed E-state index contributed by atoms with van der Waals surface area (Å²) in [7, 11) is 0. The maximum atomic E-state index is 2.68. The zero-order valence-corrected chi connectivity index (χ0v) is 33.8. The molecule has 1 nitrogen and oxygen atoms in total. The smallest absolute Gasteiger partial charge is 0.0543 e. The molecule has 0 N–H and O–H groups in total. The van der Waals surface area contributed by atoms with Crippen molar-refractivity contribution < 1.29 is 0 Å². The molecule has 1 aliphatic carbocycles. The summed E-state index contributed by atoms with van der Waals surface area (Å²) < 4.78 is 0. The highest BCUT2D eigenvalue weighted by Gasteiger charge is 2.60. The third-order valence-corrected chi connectivity index (χ3v) is 14.7. The summed E-state index contributed by atoms with van der Waals surface area (Å²) in [4.78, 5) is 2.68. The van der Waals surface area contributed by atoms with Gasteiger partial charge in [0.15, 0.2) is 0 Å². The molecule has 282 valence electrons. The number of hydrogen-bond acceptors (Lipinski definition) is 1. The Balaban J connectivity index is 1.18. The van der Waals surface area contributed by atoms with Crippen molar-refractivity contribution in [3.05, 3.63) is 194 Å². The molecule has 12 rings (SSSR count). The Labute approximate surface area is 346 Å². The number of fused-ring (bicyclic) bond motifs is 4. The van der Waals surface area contributed by atoms with E-state index in [-0.39, 0.29) is 11.0 Å². The van der Waals surface area contributed by atoms with E-state index >= 15 is 0 Å². The Morgan fingerprint density at radius 2 is 0.949 bits per heavy atom. The highest BCUT2D eigenvalue weighted by Crippen LogP contribution is 2.66. The van der Waals surface area contributed by atoms with Crippen LogP contribution < -0.4 is 4.90 Å². The monoisotopic (exact) mass is 755 g/mol. The Morgan fingerprint density at radius 1 is 0.424 bits per heavy atom. The van der Waals surface area contributed by atoms with Crippen LogP contribution in [-0.4, -0.2) is 5.54 Å². The normalized spacial score (nSPS) is 18.3. The van der Waals surface area contributed by atoms with Crippen molar-refractivity contribution in [3.63, 3.8) is 0 Å². The Bertz CT molecular complexity index is 3250. The topological polar surface area (TPSA) is 3.24 Å². The third-order valence-electron chi connectivity index (χ3n) is 14.7. The van der Waals surface area contributed by atoms with Crippen molar-refractivity contribution in [2.75, 3.05) is 4.90 Å². The van der Waals surface area contributed by atoms with Crippen molar-refractivity contribution >= 4 is 54.5 Å². The molecule has 0 saturated heterocycles. The first kappa shape index (κ1) is 34.4. The molecule has 1 aliphatic heterocycles. The standard InChI is InChI=1S/C58H45N/c1-57(2)33-32-53-52-34-40(26-31-54(52)59(58(53,57)3)41-22-11-6-12-23-41)50-35-48(38-16-7-4-8-17-38)44-29-30-47-51(43-25-15-21-37-20-13-14-24-42(37)43)36-49(39-18-9-5-10-19-39)45-27-28-46(50)55(44)56(45)47/h4-31,34-36,53H,32-33H2,1-3H3. The van der Waals surface area contributed by atoms with Gasteiger partial charge in [0, 0.05) is 17.3 Å². The minimum Gasteiger partial charge on any atom is -0.334 e. The van der Waals surface area contributed by atoms with Crippen LogP contribution >= 0.6 is 0 Å². The molecule has 2 unspecified atom stereocenters. The SMILES string of the molecule is CC1(C)CCC2c3cc(-c4cc(-c5ccccc5)c5ccc6c(-c7cccc8ccccc78)cc(-c7ccccc7)c7ccc4c5c76)ccc3N(c3ccccc3)C21C. The molecular formula is C58H45N. The zero-order chi connectivity index (χ0) is 39.5. The van der Waals surface area contributed by atoms with Crippen LogP contribution in [0.1, 0.15) is 45.1 Å². The van der Waals surface area contributed by atoms with E-state index in [1.807, 2.05) is 0 Å². The van der Waals surface area contributed by atoms with E-state index in [9.17, 15) is 0 Å². The van der Waals surface area contributed by atoms with Gasteiger partial charge >= 0.3 is 0 Å². The molecule has 0 spiro atoms.